The van der Waals surface area contributed by atoms with Crippen molar-refractivity contribution < 1.29 is 9.53 Å². The average Bonchev–Trinajstić information content (AvgIpc) is 3.28. The lowest BCUT2D eigenvalue weighted by atomic mass is 10.3. The van der Waals surface area contributed by atoms with Gasteiger partial charge in [-0.2, -0.15) is 0 Å². The van der Waals surface area contributed by atoms with Crippen LogP contribution >= 0.6 is 34.9 Å². The Morgan fingerprint density at radius 1 is 1.20 bits per heavy atom. The lowest BCUT2D eigenvalue weighted by Gasteiger charge is -2.12. The van der Waals surface area contributed by atoms with Gasteiger partial charge in [-0.1, -0.05) is 17.7 Å². The van der Waals surface area contributed by atoms with Gasteiger partial charge in [-0.15, -0.1) is 11.3 Å². The molecule has 1 heterocycles. The van der Waals surface area contributed by atoms with E-state index >= 15 is 0 Å². The van der Waals surface area contributed by atoms with Crippen LogP contribution in [0.2, 0.25) is 5.02 Å². The number of anilines is 2. The van der Waals surface area contributed by atoms with E-state index in [1.807, 2.05) is 35.7 Å². The molecule has 1 aromatic heterocycles. The summed E-state index contributed by atoms with van der Waals surface area (Å²) >= 11 is 8.76. The zero-order valence-corrected chi connectivity index (χ0v) is 18.4. The zero-order valence-electron chi connectivity index (χ0n) is 16.0. The Bertz CT molecular complexity index is 1050. The maximum atomic E-state index is 12.2. The van der Waals surface area contributed by atoms with Gasteiger partial charge in [0, 0.05) is 28.7 Å². The van der Waals surface area contributed by atoms with E-state index < -0.39 is 0 Å². The fraction of sp³-hybridized carbons (Fsp3) is 0.0476. The van der Waals surface area contributed by atoms with Crippen LogP contribution in [0, 0.1) is 0 Å². The normalized spacial score (nSPS) is 11.5. The Kier molecular flexibility index (Phi) is 7.78. The number of rotatable bonds is 8. The second kappa shape index (κ2) is 10.7. The van der Waals surface area contributed by atoms with Gasteiger partial charge in [-0.25, -0.2) is 4.99 Å². The molecule has 0 bridgehead atoms. The monoisotopic (exact) mass is 458 g/mol. The zero-order chi connectivity index (χ0) is 21.3. The molecule has 2 aromatic carbocycles. The number of nitrogens with one attached hydrogen (secondary N) is 2. The molecule has 30 heavy (non-hydrogen) atoms. The Morgan fingerprint density at radius 2 is 1.97 bits per heavy atom. The molecule has 9 heteroatoms. The highest BCUT2D eigenvalue weighted by molar-refractivity contribution is 8.00. The van der Waals surface area contributed by atoms with Crippen LogP contribution in [0.4, 0.5) is 11.4 Å². The molecule has 0 aliphatic carbocycles. The molecule has 0 unspecified atom stereocenters. The summed E-state index contributed by atoms with van der Waals surface area (Å²) in [6, 6.07) is 16.5. The van der Waals surface area contributed by atoms with Crippen molar-refractivity contribution in [3.8, 4) is 5.75 Å². The number of halogens is 1. The van der Waals surface area contributed by atoms with Gasteiger partial charge in [0.05, 0.1) is 16.9 Å². The van der Waals surface area contributed by atoms with Crippen molar-refractivity contribution >= 4 is 58.0 Å². The van der Waals surface area contributed by atoms with Crippen LogP contribution in [-0.2, 0) is 4.79 Å². The van der Waals surface area contributed by atoms with Crippen LogP contribution in [0.15, 0.2) is 82.1 Å². The number of amidine groups is 1. The molecule has 0 aliphatic heterocycles. The number of methoxy groups -OCH3 is 1. The van der Waals surface area contributed by atoms with Crippen molar-refractivity contribution in [1.29, 1.82) is 0 Å². The number of nitrogens with two attached hydrogens (primary N) is 1. The summed E-state index contributed by atoms with van der Waals surface area (Å²) in [7, 11) is 1.60. The van der Waals surface area contributed by atoms with E-state index in [-0.39, 0.29) is 5.91 Å². The molecule has 3 aromatic rings. The molecule has 154 valence electrons. The van der Waals surface area contributed by atoms with E-state index in [9.17, 15) is 4.79 Å². The molecule has 0 fully saturated rings. The third kappa shape index (κ3) is 6.28. The number of carbonyl (C=O) groups is 1. The summed E-state index contributed by atoms with van der Waals surface area (Å²) in [4.78, 5) is 17.9. The molecule has 0 saturated heterocycles. The minimum atomic E-state index is -0.315. The van der Waals surface area contributed by atoms with Gasteiger partial charge in [0.15, 0.2) is 0 Å². The fourth-order valence-corrected chi connectivity index (χ4v) is 3.89. The largest absolute Gasteiger partial charge is 0.496 e. The van der Waals surface area contributed by atoms with Crippen molar-refractivity contribution in [3.05, 3.63) is 82.2 Å². The van der Waals surface area contributed by atoms with E-state index in [1.54, 1.807) is 31.4 Å². The summed E-state index contributed by atoms with van der Waals surface area (Å²) < 4.78 is 8.62. The smallest absolute Gasteiger partial charge is 0.249 e. The average molecular weight is 459 g/mol. The first-order valence-corrected chi connectivity index (χ1v) is 10.8. The quantitative estimate of drug-likeness (QED) is 0.182. The molecule has 6 nitrogen and oxygen atoms in total. The third-order valence-corrected chi connectivity index (χ3v) is 5.79. The first kappa shape index (κ1) is 21.8. The number of thiophene rings is 1. The minimum absolute atomic E-state index is 0.315. The molecule has 0 spiro atoms. The number of carbonyl (C=O) groups excluding carboxylic acids is 1. The highest BCUT2D eigenvalue weighted by atomic mass is 35.5. The number of aliphatic imine (C=N–C) groups is 1. The van der Waals surface area contributed by atoms with E-state index in [2.05, 4.69) is 15.0 Å². The van der Waals surface area contributed by atoms with E-state index in [0.29, 0.717) is 22.3 Å². The highest BCUT2D eigenvalue weighted by Gasteiger charge is 2.07. The standard InChI is InChI=1S/C21H19ClN4O2S2/c1-28-17-9-8-16(13-19(17)30-26-15-6-4-14(22)5-7-15)25-20(27)10-11-24-21(23)18-3-2-12-29-18/h2-13,26H,1H3,(H2,23,24)(H,25,27)/b11-10+. The first-order chi connectivity index (χ1) is 14.5. The van der Waals surface area contributed by atoms with Gasteiger partial charge in [-0.05, 0) is 65.9 Å². The van der Waals surface area contributed by atoms with Crippen molar-refractivity contribution in [2.24, 2.45) is 10.7 Å². The molecular weight excluding hydrogens is 440 g/mol. The lowest BCUT2D eigenvalue weighted by Crippen LogP contribution is -2.11. The SMILES string of the molecule is COc1ccc(NC(=O)/C=C/N=C(N)c2cccs2)cc1SNc1ccc(Cl)cc1. The molecule has 3 rings (SSSR count). The van der Waals surface area contributed by atoms with Gasteiger partial charge in [-0.3, -0.25) is 4.79 Å². The van der Waals surface area contributed by atoms with Crippen LogP contribution < -0.4 is 20.5 Å². The Hall–Kier alpha value is -2.94. The van der Waals surface area contributed by atoms with Crippen molar-refractivity contribution in [1.82, 2.24) is 0 Å². The molecule has 4 N–H and O–H groups in total. The Morgan fingerprint density at radius 3 is 2.67 bits per heavy atom. The van der Waals surface area contributed by atoms with Gasteiger partial charge in [0.2, 0.25) is 5.91 Å². The molecular formula is C21H19ClN4O2S2. The number of benzene rings is 2. The molecule has 1 amide bonds. The topological polar surface area (TPSA) is 88.7 Å². The number of hydrogen-bond acceptors (Lipinski definition) is 6. The van der Waals surface area contributed by atoms with Crippen LogP contribution in [0.25, 0.3) is 0 Å². The van der Waals surface area contributed by atoms with Crippen LogP contribution in [0.1, 0.15) is 4.88 Å². The van der Waals surface area contributed by atoms with Gasteiger partial charge in [0.1, 0.15) is 11.6 Å². The Labute approximate surface area is 187 Å². The fourth-order valence-electron chi connectivity index (χ4n) is 2.32. The maximum absolute atomic E-state index is 12.2. The predicted octanol–water partition coefficient (Wildman–Crippen LogP) is 5.39. The summed E-state index contributed by atoms with van der Waals surface area (Å²) in [5, 5.41) is 5.38. The van der Waals surface area contributed by atoms with Crippen molar-refractivity contribution in [2.75, 3.05) is 17.1 Å². The molecule has 0 atom stereocenters. The first-order valence-electron chi connectivity index (χ1n) is 8.76. The van der Waals surface area contributed by atoms with Crippen LogP contribution in [-0.4, -0.2) is 18.9 Å². The Balaban J connectivity index is 1.63. The second-order valence-corrected chi connectivity index (χ2v) is 8.11. The van der Waals surface area contributed by atoms with Crippen molar-refractivity contribution in [2.45, 2.75) is 4.90 Å². The van der Waals surface area contributed by atoms with Gasteiger partial charge in [0.25, 0.3) is 0 Å². The predicted molar refractivity (Wildman–Crippen MR) is 127 cm³/mol. The summed E-state index contributed by atoms with van der Waals surface area (Å²) in [5.41, 5.74) is 7.39. The van der Waals surface area contributed by atoms with Crippen molar-refractivity contribution in [3.63, 3.8) is 0 Å². The lowest BCUT2D eigenvalue weighted by molar-refractivity contribution is -0.111. The van der Waals surface area contributed by atoms with E-state index in [4.69, 9.17) is 22.1 Å². The number of hydrogen-bond donors (Lipinski definition) is 3. The minimum Gasteiger partial charge on any atom is -0.496 e. The molecule has 0 radical (unpaired) electrons. The summed E-state index contributed by atoms with van der Waals surface area (Å²) in [6.07, 6.45) is 2.70. The summed E-state index contributed by atoms with van der Waals surface area (Å²) in [6.45, 7) is 0. The van der Waals surface area contributed by atoms with E-state index in [1.165, 1.54) is 35.6 Å². The van der Waals surface area contributed by atoms with Gasteiger partial charge < -0.3 is 20.5 Å². The van der Waals surface area contributed by atoms with Crippen LogP contribution in [0.3, 0.4) is 0 Å². The van der Waals surface area contributed by atoms with Gasteiger partial charge >= 0.3 is 0 Å². The van der Waals surface area contributed by atoms with E-state index in [0.717, 1.165) is 15.5 Å². The number of ether oxygens (including phenoxy) is 1. The maximum Gasteiger partial charge on any atom is 0.249 e. The van der Waals surface area contributed by atoms with Crippen LogP contribution in [0.5, 0.6) is 5.75 Å². The third-order valence-electron chi connectivity index (χ3n) is 3.77. The highest BCUT2D eigenvalue weighted by Crippen LogP contribution is 2.32. The number of amides is 1. The number of nitrogens with zero attached hydrogens (tertiary/aromatic N) is 1. The summed E-state index contributed by atoms with van der Waals surface area (Å²) in [5.74, 6) is 0.735. The second-order valence-electron chi connectivity index (χ2n) is 5.87. The molecule has 0 aliphatic rings. The molecule has 0 saturated carbocycles.